The average Bonchev–Trinajstić information content (AvgIpc) is 2.63. The van der Waals surface area contributed by atoms with Crippen molar-refractivity contribution in [2.45, 2.75) is 0 Å². The molecule has 3 rings (SSSR count). The van der Waals surface area contributed by atoms with E-state index in [1.165, 1.54) is 7.11 Å². The van der Waals surface area contributed by atoms with Gasteiger partial charge in [0.2, 0.25) is 5.43 Å². The van der Waals surface area contributed by atoms with E-state index in [1.807, 2.05) is 12.1 Å². The third kappa shape index (κ3) is 2.73. The van der Waals surface area contributed by atoms with Gasteiger partial charge in [0.25, 0.3) is 0 Å². The van der Waals surface area contributed by atoms with Gasteiger partial charge >= 0.3 is 0 Å². The van der Waals surface area contributed by atoms with E-state index in [9.17, 15) is 4.79 Å². The fourth-order valence-electron chi connectivity index (χ4n) is 2.44. The minimum Gasteiger partial charge on any atom is -0.497 e. The van der Waals surface area contributed by atoms with E-state index in [-0.39, 0.29) is 5.43 Å². The third-order valence-electron chi connectivity index (χ3n) is 3.69. The van der Waals surface area contributed by atoms with E-state index < -0.39 is 0 Å². The molecule has 5 nitrogen and oxygen atoms in total. The number of hydrogen-bond acceptors (Lipinski definition) is 5. The van der Waals surface area contributed by atoms with Crippen LogP contribution in [0.15, 0.2) is 50.1 Å². The van der Waals surface area contributed by atoms with Crippen molar-refractivity contribution in [3.05, 3.63) is 51.1 Å². The molecule has 0 aliphatic carbocycles. The molecule has 1 heterocycles. The van der Waals surface area contributed by atoms with Crippen LogP contribution in [-0.2, 0) is 0 Å². The lowest BCUT2D eigenvalue weighted by Gasteiger charge is -2.11. The molecule has 0 N–H and O–H groups in total. The van der Waals surface area contributed by atoms with Gasteiger partial charge in [0, 0.05) is 17.7 Å². The minimum absolute atomic E-state index is 0.207. The van der Waals surface area contributed by atoms with Crippen molar-refractivity contribution >= 4 is 26.9 Å². The van der Waals surface area contributed by atoms with Crippen molar-refractivity contribution in [2.75, 3.05) is 21.3 Å². The number of rotatable bonds is 4. The number of fused-ring (bicyclic) bond motifs is 1. The first-order valence-corrected chi connectivity index (χ1v) is 7.91. The highest BCUT2D eigenvalue weighted by Gasteiger charge is 2.18. The van der Waals surface area contributed by atoms with Crippen LogP contribution in [0, 0.1) is 0 Å². The fraction of sp³-hybridized carbons (Fsp3) is 0.167. The van der Waals surface area contributed by atoms with Gasteiger partial charge in [0.05, 0.1) is 21.3 Å². The third-order valence-corrected chi connectivity index (χ3v) is 4.41. The van der Waals surface area contributed by atoms with Crippen LogP contribution in [0.3, 0.4) is 0 Å². The molecule has 6 heteroatoms. The van der Waals surface area contributed by atoms with Crippen LogP contribution in [0.1, 0.15) is 0 Å². The maximum absolute atomic E-state index is 12.8. The van der Waals surface area contributed by atoms with Crippen LogP contribution in [0.25, 0.3) is 22.3 Å². The summed E-state index contributed by atoms with van der Waals surface area (Å²) in [7, 11) is 4.64. The molecule has 2 aromatic carbocycles. The Balaban J connectivity index is 2.29. The summed E-state index contributed by atoms with van der Waals surface area (Å²) >= 11 is 3.35. The molecule has 3 aromatic rings. The summed E-state index contributed by atoms with van der Waals surface area (Å²) in [6.45, 7) is 0. The highest BCUT2D eigenvalue weighted by atomic mass is 79.9. The number of benzene rings is 2. The highest BCUT2D eigenvalue weighted by molar-refractivity contribution is 9.10. The van der Waals surface area contributed by atoms with Gasteiger partial charge in [-0.05, 0) is 40.2 Å². The van der Waals surface area contributed by atoms with Gasteiger partial charge in [0.1, 0.15) is 32.7 Å². The Morgan fingerprint density at radius 1 is 0.917 bits per heavy atom. The van der Waals surface area contributed by atoms with Gasteiger partial charge in [-0.3, -0.25) is 4.79 Å². The SMILES string of the molecule is COc1ccc(-c2oc3cc(OC)cc(OC)c3c(=O)c2Br)cc1. The number of halogens is 1. The van der Waals surface area contributed by atoms with Crippen LogP contribution in [-0.4, -0.2) is 21.3 Å². The Morgan fingerprint density at radius 2 is 1.58 bits per heavy atom. The monoisotopic (exact) mass is 390 g/mol. The molecule has 1 aromatic heterocycles. The van der Waals surface area contributed by atoms with Crippen molar-refractivity contribution in [2.24, 2.45) is 0 Å². The second kappa shape index (κ2) is 6.57. The molecule has 24 heavy (non-hydrogen) atoms. The predicted octanol–water partition coefficient (Wildman–Crippen LogP) is 4.25. The Labute approximate surface area is 146 Å². The second-order valence-corrected chi connectivity index (χ2v) is 5.80. The Hall–Kier alpha value is -2.47. The van der Waals surface area contributed by atoms with Crippen molar-refractivity contribution < 1.29 is 18.6 Å². The summed E-state index contributed by atoms with van der Waals surface area (Å²) in [5, 5.41) is 0.363. The molecule has 0 aliphatic rings. The molecule has 0 amide bonds. The van der Waals surface area contributed by atoms with E-state index >= 15 is 0 Å². The van der Waals surface area contributed by atoms with Crippen LogP contribution < -0.4 is 19.6 Å². The van der Waals surface area contributed by atoms with Crippen molar-refractivity contribution in [1.82, 2.24) is 0 Å². The van der Waals surface area contributed by atoms with Gasteiger partial charge in [-0.25, -0.2) is 0 Å². The van der Waals surface area contributed by atoms with Gasteiger partial charge in [-0.2, -0.15) is 0 Å². The van der Waals surface area contributed by atoms with Gasteiger partial charge < -0.3 is 18.6 Å². The molecule has 0 spiro atoms. The fourth-order valence-corrected chi connectivity index (χ4v) is 2.95. The molecule has 0 unspecified atom stereocenters. The van der Waals surface area contributed by atoms with Crippen molar-refractivity contribution in [3.8, 4) is 28.6 Å². The van der Waals surface area contributed by atoms with Crippen molar-refractivity contribution in [1.29, 1.82) is 0 Å². The summed E-state index contributed by atoms with van der Waals surface area (Å²) < 4.78 is 22.0. The van der Waals surface area contributed by atoms with Crippen LogP contribution in [0.2, 0.25) is 0 Å². The van der Waals surface area contributed by atoms with E-state index in [0.29, 0.717) is 32.7 Å². The molecule has 0 saturated carbocycles. The largest absolute Gasteiger partial charge is 0.497 e. The topological polar surface area (TPSA) is 57.9 Å². The van der Waals surface area contributed by atoms with Gasteiger partial charge in [-0.1, -0.05) is 0 Å². The molecular formula is C18H15BrO5. The number of hydrogen-bond donors (Lipinski definition) is 0. The number of ether oxygens (including phenoxy) is 3. The normalized spacial score (nSPS) is 10.7. The first kappa shape index (κ1) is 16.4. The molecule has 0 fully saturated rings. The summed E-state index contributed by atoms with van der Waals surface area (Å²) in [5.74, 6) is 2.11. The quantitative estimate of drug-likeness (QED) is 0.666. The van der Waals surface area contributed by atoms with Crippen LogP contribution in [0.5, 0.6) is 17.2 Å². The molecule has 0 atom stereocenters. The maximum Gasteiger partial charge on any atom is 0.211 e. The van der Waals surface area contributed by atoms with E-state index in [1.54, 1.807) is 38.5 Å². The zero-order chi connectivity index (χ0) is 17.3. The summed E-state index contributed by atoms with van der Waals surface area (Å²) in [6, 6.07) is 10.6. The van der Waals surface area contributed by atoms with Gasteiger partial charge in [-0.15, -0.1) is 0 Å². The Morgan fingerprint density at radius 3 is 2.17 bits per heavy atom. The predicted molar refractivity (Wildman–Crippen MR) is 95.3 cm³/mol. The molecule has 124 valence electrons. The highest BCUT2D eigenvalue weighted by Crippen LogP contribution is 2.35. The van der Waals surface area contributed by atoms with Crippen LogP contribution in [0.4, 0.5) is 0 Å². The van der Waals surface area contributed by atoms with E-state index in [0.717, 1.165) is 11.3 Å². The zero-order valence-corrected chi connectivity index (χ0v) is 15.0. The lowest BCUT2D eigenvalue weighted by molar-refractivity contribution is 0.396. The summed E-state index contributed by atoms with van der Waals surface area (Å²) in [6.07, 6.45) is 0. The van der Waals surface area contributed by atoms with Crippen molar-refractivity contribution in [3.63, 3.8) is 0 Å². The molecule has 0 aliphatic heterocycles. The Kier molecular flexibility index (Phi) is 4.49. The lowest BCUT2D eigenvalue weighted by Crippen LogP contribution is -2.06. The van der Waals surface area contributed by atoms with E-state index in [4.69, 9.17) is 18.6 Å². The molecule has 0 saturated heterocycles. The Bertz CT molecular complexity index is 944. The second-order valence-electron chi connectivity index (χ2n) is 5.01. The molecular weight excluding hydrogens is 376 g/mol. The lowest BCUT2D eigenvalue weighted by atomic mass is 10.1. The minimum atomic E-state index is -0.207. The van der Waals surface area contributed by atoms with E-state index in [2.05, 4.69) is 15.9 Å². The molecule has 0 bridgehead atoms. The van der Waals surface area contributed by atoms with Gasteiger partial charge in [0.15, 0.2) is 5.76 Å². The molecule has 0 radical (unpaired) electrons. The summed E-state index contributed by atoms with van der Waals surface area (Å²) in [5.41, 5.74) is 0.940. The smallest absolute Gasteiger partial charge is 0.211 e. The standard InChI is InChI=1S/C18H15BrO5/c1-21-11-6-4-10(5-7-11)18-16(19)17(20)15-13(23-3)8-12(22-2)9-14(15)24-18/h4-9H,1-3H3. The summed E-state index contributed by atoms with van der Waals surface area (Å²) in [4.78, 5) is 12.8. The van der Waals surface area contributed by atoms with Crippen LogP contribution >= 0.6 is 15.9 Å². The zero-order valence-electron chi connectivity index (χ0n) is 13.4. The first-order chi connectivity index (χ1) is 11.6. The number of methoxy groups -OCH3 is 3. The average molecular weight is 391 g/mol. The first-order valence-electron chi connectivity index (χ1n) is 7.11. The maximum atomic E-state index is 12.8.